The average Bonchev–Trinajstić information content (AvgIpc) is 2.96. The van der Waals surface area contributed by atoms with Crippen LogP contribution >= 0.6 is 0 Å². The van der Waals surface area contributed by atoms with Crippen molar-refractivity contribution in [3.05, 3.63) is 0 Å². The number of carbonyl (C=O) groups excluding carboxylic acids is 1. The molecule has 0 saturated carbocycles. The molecule has 0 unspecified atom stereocenters. The van der Waals surface area contributed by atoms with E-state index in [-0.39, 0.29) is 12.1 Å². The third kappa shape index (κ3) is 30.6. The second kappa shape index (κ2) is 32.3. The van der Waals surface area contributed by atoms with Gasteiger partial charge >= 0.3 is 5.97 Å². The number of carbonyl (C=O) groups is 1. The molecular formula is C36H72O5. The standard InChI is InChI=1S/C36H72O5/c1-3-5-7-9-17-23-29-34(38)35(39)30-24-18-14-15-20-26-32-41-36(40)31-25-19-13-11-10-12-16-22-28-33(37)27-21-8-6-4-2/h33-35,37-39H,3-32H2,1-2H3/t33-,34-,35+/m1/s1. The molecule has 0 amide bonds. The summed E-state index contributed by atoms with van der Waals surface area (Å²) in [5, 5.41) is 30.3. The summed E-state index contributed by atoms with van der Waals surface area (Å²) < 4.78 is 5.39. The minimum atomic E-state index is -0.578. The van der Waals surface area contributed by atoms with Crippen LogP contribution in [0.15, 0.2) is 0 Å². The summed E-state index contributed by atoms with van der Waals surface area (Å²) in [6.45, 7) is 4.98. The van der Waals surface area contributed by atoms with Gasteiger partial charge in [0.25, 0.3) is 0 Å². The van der Waals surface area contributed by atoms with E-state index in [0.29, 0.717) is 19.4 Å². The van der Waals surface area contributed by atoms with Crippen LogP contribution in [0.5, 0.6) is 0 Å². The van der Waals surface area contributed by atoms with Crippen molar-refractivity contribution in [2.75, 3.05) is 6.61 Å². The maximum Gasteiger partial charge on any atom is 0.305 e. The van der Waals surface area contributed by atoms with E-state index in [9.17, 15) is 20.1 Å². The van der Waals surface area contributed by atoms with Gasteiger partial charge in [-0.3, -0.25) is 4.79 Å². The molecule has 0 aromatic heterocycles. The lowest BCUT2D eigenvalue weighted by atomic mass is 9.99. The molecule has 0 heterocycles. The van der Waals surface area contributed by atoms with Crippen molar-refractivity contribution in [3.63, 3.8) is 0 Å². The summed E-state index contributed by atoms with van der Waals surface area (Å²) in [7, 11) is 0. The van der Waals surface area contributed by atoms with Crippen LogP contribution in [0.25, 0.3) is 0 Å². The lowest BCUT2D eigenvalue weighted by molar-refractivity contribution is -0.143. The third-order valence-electron chi connectivity index (χ3n) is 8.51. The summed E-state index contributed by atoms with van der Waals surface area (Å²) in [6, 6.07) is 0. The van der Waals surface area contributed by atoms with Gasteiger partial charge in [0.15, 0.2) is 0 Å². The van der Waals surface area contributed by atoms with Crippen LogP contribution < -0.4 is 0 Å². The molecule has 5 nitrogen and oxygen atoms in total. The quantitative estimate of drug-likeness (QED) is 0.0528. The monoisotopic (exact) mass is 585 g/mol. The van der Waals surface area contributed by atoms with Crippen LogP contribution in [0.3, 0.4) is 0 Å². The number of aliphatic hydroxyl groups is 3. The van der Waals surface area contributed by atoms with E-state index < -0.39 is 12.2 Å². The van der Waals surface area contributed by atoms with Crippen molar-refractivity contribution in [2.45, 2.75) is 218 Å². The molecule has 0 fully saturated rings. The molecule has 0 aliphatic carbocycles. The van der Waals surface area contributed by atoms with E-state index in [1.807, 2.05) is 0 Å². The Balaban J connectivity index is 3.35. The van der Waals surface area contributed by atoms with Gasteiger partial charge in [0.05, 0.1) is 24.9 Å². The lowest BCUT2D eigenvalue weighted by Crippen LogP contribution is -2.25. The van der Waals surface area contributed by atoms with E-state index in [0.717, 1.165) is 89.9 Å². The topological polar surface area (TPSA) is 87.0 Å². The molecule has 41 heavy (non-hydrogen) atoms. The zero-order chi connectivity index (χ0) is 30.2. The van der Waals surface area contributed by atoms with Gasteiger partial charge in [-0.25, -0.2) is 0 Å². The van der Waals surface area contributed by atoms with Crippen LogP contribution in [0.4, 0.5) is 0 Å². The molecule has 0 saturated heterocycles. The number of aliphatic hydroxyl groups excluding tert-OH is 3. The Morgan fingerprint density at radius 2 is 0.805 bits per heavy atom. The molecule has 0 aliphatic rings. The fourth-order valence-electron chi connectivity index (χ4n) is 5.60. The summed E-state index contributed by atoms with van der Waals surface area (Å²) in [5.41, 5.74) is 0. The Kier molecular flexibility index (Phi) is 31.8. The van der Waals surface area contributed by atoms with Gasteiger partial charge in [-0.2, -0.15) is 0 Å². The van der Waals surface area contributed by atoms with Gasteiger partial charge in [-0.1, -0.05) is 155 Å². The van der Waals surface area contributed by atoms with Crippen molar-refractivity contribution in [2.24, 2.45) is 0 Å². The van der Waals surface area contributed by atoms with Gasteiger partial charge in [-0.15, -0.1) is 0 Å². The van der Waals surface area contributed by atoms with E-state index in [1.54, 1.807) is 0 Å². The predicted octanol–water partition coefficient (Wildman–Crippen LogP) is 9.96. The van der Waals surface area contributed by atoms with Crippen LogP contribution in [-0.2, 0) is 9.53 Å². The van der Waals surface area contributed by atoms with E-state index in [4.69, 9.17) is 4.74 Å². The molecule has 246 valence electrons. The van der Waals surface area contributed by atoms with Gasteiger partial charge in [0.1, 0.15) is 0 Å². The largest absolute Gasteiger partial charge is 0.466 e. The van der Waals surface area contributed by atoms with Crippen molar-refractivity contribution in [1.29, 1.82) is 0 Å². The van der Waals surface area contributed by atoms with E-state index in [1.165, 1.54) is 83.5 Å². The fraction of sp³-hybridized carbons (Fsp3) is 0.972. The Labute approximate surface area is 255 Å². The Hall–Kier alpha value is -0.650. The number of rotatable bonds is 33. The minimum absolute atomic E-state index is 0.0493. The second-order valence-electron chi connectivity index (χ2n) is 12.7. The van der Waals surface area contributed by atoms with Gasteiger partial charge in [0, 0.05) is 6.42 Å². The summed E-state index contributed by atoms with van der Waals surface area (Å²) in [6.07, 6.45) is 30.6. The van der Waals surface area contributed by atoms with Crippen molar-refractivity contribution in [3.8, 4) is 0 Å². The van der Waals surface area contributed by atoms with Crippen LogP contribution in [0.2, 0.25) is 0 Å². The molecule has 0 rings (SSSR count). The molecule has 0 radical (unpaired) electrons. The number of ether oxygens (including phenoxy) is 1. The van der Waals surface area contributed by atoms with Crippen molar-refractivity contribution in [1.82, 2.24) is 0 Å². The highest BCUT2D eigenvalue weighted by atomic mass is 16.5. The Morgan fingerprint density at radius 1 is 0.463 bits per heavy atom. The molecule has 0 aromatic rings. The summed E-state index contributed by atoms with van der Waals surface area (Å²) in [5.74, 6) is -0.0493. The fourth-order valence-corrected chi connectivity index (χ4v) is 5.60. The highest BCUT2D eigenvalue weighted by Gasteiger charge is 2.15. The van der Waals surface area contributed by atoms with Crippen molar-refractivity contribution >= 4 is 5.97 Å². The average molecular weight is 585 g/mol. The van der Waals surface area contributed by atoms with Crippen LogP contribution in [0, 0.1) is 0 Å². The SMILES string of the molecule is CCCCCCCC[C@@H](O)[C@@H](O)CCCCCCCCOC(=O)CCCCCCCCCC[C@H](O)CCCCCC. The highest BCUT2D eigenvalue weighted by molar-refractivity contribution is 5.69. The molecule has 3 atom stereocenters. The molecule has 5 heteroatoms. The van der Waals surface area contributed by atoms with Gasteiger partial charge in [-0.05, 0) is 38.5 Å². The maximum absolute atomic E-state index is 11.9. The lowest BCUT2D eigenvalue weighted by Gasteiger charge is -2.17. The second-order valence-corrected chi connectivity index (χ2v) is 12.7. The molecule has 0 aromatic carbocycles. The normalized spacial score (nSPS) is 13.8. The first-order chi connectivity index (χ1) is 20.0. The molecule has 3 N–H and O–H groups in total. The smallest absolute Gasteiger partial charge is 0.305 e. The third-order valence-corrected chi connectivity index (χ3v) is 8.51. The first-order valence-electron chi connectivity index (χ1n) is 18.2. The first-order valence-corrected chi connectivity index (χ1v) is 18.2. The van der Waals surface area contributed by atoms with Crippen LogP contribution in [0.1, 0.15) is 200 Å². The maximum atomic E-state index is 11.9. The number of hydrogen-bond donors (Lipinski definition) is 3. The summed E-state index contributed by atoms with van der Waals surface area (Å²) >= 11 is 0. The minimum Gasteiger partial charge on any atom is -0.466 e. The number of esters is 1. The zero-order valence-corrected chi connectivity index (χ0v) is 27.6. The highest BCUT2D eigenvalue weighted by Crippen LogP contribution is 2.16. The number of hydrogen-bond acceptors (Lipinski definition) is 5. The molecule has 0 bridgehead atoms. The first kappa shape index (κ1) is 40.4. The zero-order valence-electron chi connectivity index (χ0n) is 27.6. The van der Waals surface area contributed by atoms with E-state index in [2.05, 4.69) is 13.8 Å². The molecule has 0 aliphatic heterocycles. The molecule has 0 spiro atoms. The Morgan fingerprint density at radius 3 is 1.27 bits per heavy atom. The number of unbranched alkanes of at least 4 members (excludes halogenated alkanes) is 20. The van der Waals surface area contributed by atoms with Gasteiger partial charge in [0.2, 0.25) is 0 Å². The van der Waals surface area contributed by atoms with Crippen molar-refractivity contribution < 1.29 is 24.9 Å². The summed E-state index contributed by atoms with van der Waals surface area (Å²) in [4.78, 5) is 11.9. The van der Waals surface area contributed by atoms with Crippen LogP contribution in [-0.4, -0.2) is 46.2 Å². The Bertz CT molecular complexity index is 526. The predicted molar refractivity (Wildman–Crippen MR) is 174 cm³/mol. The van der Waals surface area contributed by atoms with Gasteiger partial charge < -0.3 is 20.1 Å². The molecular weight excluding hydrogens is 512 g/mol. The van der Waals surface area contributed by atoms with E-state index >= 15 is 0 Å².